The second-order valence-corrected chi connectivity index (χ2v) is 4.60. The molecule has 1 aliphatic heterocycles. The number of benzene rings is 1. The number of thioether (sulfide) groups is 1. The van der Waals surface area contributed by atoms with Gasteiger partial charge in [0, 0.05) is 5.75 Å². The van der Waals surface area contributed by atoms with E-state index in [-0.39, 0.29) is 0 Å². The summed E-state index contributed by atoms with van der Waals surface area (Å²) in [6.07, 6.45) is 0. The molecule has 1 heterocycles. The van der Waals surface area contributed by atoms with Gasteiger partial charge >= 0.3 is 0 Å². The van der Waals surface area contributed by atoms with Crippen molar-refractivity contribution in [3.05, 3.63) is 35.4 Å². The highest BCUT2D eigenvalue weighted by Gasteiger charge is 2.17. The Labute approximate surface area is 83.5 Å². The summed E-state index contributed by atoms with van der Waals surface area (Å²) in [6.45, 7) is 3.95. The van der Waals surface area contributed by atoms with Crippen LogP contribution in [0.1, 0.15) is 16.4 Å². The summed E-state index contributed by atoms with van der Waals surface area (Å²) in [5.41, 5.74) is 2.82. The van der Waals surface area contributed by atoms with Gasteiger partial charge in [-0.25, -0.2) is 0 Å². The molecule has 2 heteroatoms. The van der Waals surface area contributed by atoms with E-state index in [1.54, 1.807) is 0 Å². The molecule has 1 fully saturated rings. The Balaban J connectivity index is 2.18. The molecule has 0 N–H and O–H groups in total. The molecule has 0 amide bonds. The van der Waals surface area contributed by atoms with Gasteiger partial charge in [0.05, 0.1) is 18.5 Å². The standard InChI is InChI=1S/C11H14OS/c1-9-4-2-3-5-10(9)11-8-12-6-7-13-11/h2-5,11H,6-8H2,1H3. The molecule has 0 aromatic heterocycles. The Bertz CT molecular complexity index is 279. The molecule has 1 nitrogen and oxygen atoms in total. The third-order valence-electron chi connectivity index (χ3n) is 2.35. The molecule has 1 saturated heterocycles. The van der Waals surface area contributed by atoms with Crippen LogP contribution in [0.5, 0.6) is 0 Å². The van der Waals surface area contributed by atoms with Crippen LogP contribution < -0.4 is 0 Å². The van der Waals surface area contributed by atoms with E-state index in [0.717, 1.165) is 19.0 Å². The molecule has 13 heavy (non-hydrogen) atoms. The molecule has 0 spiro atoms. The van der Waals surface area contributed by atoms with Gasteiger partial charge in [-0.05, 0) is 18.1 Å². The highest BCUT2D eigenvalue weighted by molar-refractivity contribution is 7.99. The molecular weight excluding hydrogens is 180 g/mol. The van der Waals surface area contributed by atoms with Gasteiger partial charge < -0.3 is 4.74 Å². The van der Waals surface area contributed by atoms with Gasteiger partial charge in [-0.3, -0.25) is 0 Å². The summed E-state index contributed by atoms with van der Waals surface area (Å²) in [5.74, 6) is 1.12. The van der Waals surface area contributed by atoms with Gasteiger partial charge in [-0.1, -0.05) is 24.3 Å². The SMILES string of the molecule is Cc1ccccc1C1COCCS1. The Morgan fingerprint density at radius 1 is 1.38 bits per heavy atom. The van der Waals surface area contributed by atoms with E-state index >= 15 is 0 Å². The first-order chi connectivity index (χ1) is 6.38. The van der Waals surface area contributed by atoms with Crippen molar-refractivity contribution in [2.24, 2.45) is 0 Å². The minimum atomic E-state index is 0.551. The fourth-order valence-electron chi connectivity index (χ4n) is 1.62. The van der Waals surface area contributed by atoms with Crippen molar-refractivity contribution in [3.8, 4) is 0 Å². The van der Waals surface area contributed by atoms with E-state index in [0.29, 0.717) is 5.25 Å². The molecule has 2 rings (SSSR count). The first-order valence-electron chi connectivity index (χ1n) is 4.63. The molecule has 1 atom stereocenters. The van der Waals surface area contributed by atoms with Crippen molar-refractivity contribution in [1.82, 2.24) is 0 Å². The van der Waals surface area contributed by atoms with E-state index < -0.39 is 0 Å². The maximum absolute atomic E-state index is 5.47. The van der Waals surface area contributed by atoms with Crippen LogP contribution in [0, 0.1) is 6.92 Å². The van der Waals surface area contributed by atoms with Crippen molar-refractivity contribution >= 4 is 11.8 Å². The summed E-state index contributed by atoms with van der Waals surface area (Å²) < 4.78 is 5.47. The van der Waals surface area contributed by atoms with Crippen LogP contribution in [0.25, 0.3) is 0 Å². The van der Waals surface area contributed by atoms with E-state index in [2.05, 4.69) is 31.2 Å². The molecule has 0 radical (unpaired) electrons. The predicted molar refractivity (Wildman–Crippen MR) is 57.2 cm³/mol. The second-order valence-electron chi connectivity index (χ2n) is 3.29. The topological polar surface area (TPSA) is 9.23 Å². The average Bonchev–Trinajstić information content (AvgIpc) is 2.20. The second kappa shape index (κ2) is 4.16. The lowest BCUT2D eigenvalue weighted by Gasteiger charge is -2.23. The summed E-state index contributed by atoms with van der Waals surface area (Å²) in [5, 5.41) is 0.551. The first kappa shape index (κ1) is 9.10. The predicted octanol–water partition coefficient (Wildman–Crippen LogP) is 2.80. The highest BCUT2D eigenvalue weighted by Crippen LogP contribution is 2.33. The lowest BCUT2D eigenvalue weighted by Crippen LogP contribution is -2.14. The largest absolute Gasteiger partial charge is 0.379 e. The van der Waals surface area contributed by atoms with Crippen molar-refractivity contribution in [2.75, 3.05) is 19.0 Å². The van der Waals surface area contributed by atoms with Crippen LogP contribution in [-0.2, 0) is 4.74 Å². The lowest BCUT2D eigenvalue weighted by molar-refractivity contribution is 0.143. The lowest BCUT2D eigenvalue weighted by atomic mass is 10.1. The number of ether oxygens (including phenoxy) is 1. The van der Waals surface area contributed by atoms with Crippen molar-refractivity contribution in [3.63, 3.8) is 0 Å². The third kappa shape index (κ3) is 2.06. The average molecular weight is 194 g/mol. The van der Waals surface area contributed by atoms with E-state index in [9.17, 15) is 0 Å². The Morgan fingerprint density at radius 3 is 2.92 bits per heavy atom. The van der Waals surface area contributed by atoms with Gasteiger partial charge in [-0.15, -0.1) is 11.8 Å². The van der Waals surface area contributed by atoms with E-state index in [1.807, 2.05) is 11.8 Å². The number of aryl methyl sites for hydroxylation is 1. The summed E-state index contributed by atoms with van der Waals surface area (Å²) in [6, 6.07) is 8.58. The molecule has 1 aromatic carbocycles. The van der Waals surface area contributed by atoms with Gasteiger partial charge in [0.25, 0.3) is 0 Å². The van der Waals surface area contributed by atoms with E-state index in [1.165, 1.54) is 11.1 Å². The van der Waals surface area contributed by atoms with Crippen LogP contribution >= 0.6 is 11.8 Å². The quantitative estimate of drug-likeness (QED) is 0.680. The number of rotatable bonds is 1. The normalized spacial score (nSPS) is 23.0. The fourth-order valence-corrected chi connectivity index (χ4v) is 2.75. The Hall–Kier alpha value is -0.470. The van der Waals surface area contributed by atoms with Gasteiger partial charge in [-0.2, -0.15) is 0 Å². The van der Waals surface area contributed by atoms with Gasteiger partial charge in [0.15, 0.2) is 0 Å². The van der Waals surface area contributed by atoms with Crippen LogP contribution in [0.15, 0.2) is 24.3 Å². The molecule has 0 saturated carbocycles. The molecule has 0 aliphatic carbocycles. The van der Waals surface area contributed by atoms with Crippen LogP contribution in [-0.4, -0.2) is 19.0 Å². The van der Waals surface area contributed by atoms with Gasteiger partial charge in [0.1, 0.15) is 0 Å². The first-order valence-corrected chi connectivity index (χ1v) is 5.67. The molecule has 1 unspecified atom stereocenters. The molecule has 0 bridgehead atoms. The van der Waals surface area contributed by atoms with Crippen LogP contribution in [0.2, 0.25) is 0 Å². The minimum Gasteiger partial charge on any atom is -0.379 e. The zero-order valence-corrected chi connectivity index (χ0v) is 8.64. The Kier molecular flexibility index (Phi) is 2.91. The smallest absolute Gasteiger partial charge is 0.0626 e. The molecule has 1 aliphatic rings. The van der Waals surface area contributed by atoms with Gasteiger partial charge in [0.2, 0.25) is 0 Å². The molecule has 1 aromatic rings. The number of hydrogen-bond acceptors (Lipinski definition) is 2. The fraction of sp³-hybridized carbons (Fsp3) is 0.455. The highest BCUT2D eigenvalue weighted by atomic mass is 32.2. The minimum absolute atomic E-state index is 0.551. The maximum Gasteiger partial charge on any atom is 0.0626 e. The summed E-state index contributed by atoms with van der Waals surface area (Å²) in [7, 11) is 0. The summed E-state index contributed by atoms with van der Waals surface area (Å²) >= 11 is 2.01. The third-order valence-corrected chi connectivity index (χ3v) is 3.55. The molecule has 70 valence electrons. The zero-order chi connectivity index (χ0) is 9.10. The van der Waals surface area contributed by atoms with Crippen LogP contribution in [0.4, 0.5) is 0 Å². The maximum atomic E-state index is 5.47. The van der Waals surface area contributed by atoms with Crippen molar-refractivity contribution in [2.45, 2.75) is 12.2 Å². The molecular formula is C11H14OS. The monoisotopic (exact) mass is 194 g/mol. The van der Waals surface area contributed by atoms with Crippen molar-refractivity contribution in [1.29, 1.82) is 0 Å². The number of hydrogen-bond donors (Lipinski definition) is 0. The zero-order valence-electron chi connectivity index (χ0n) is 7.82. The van der Waals surface area contributed by atoms with Crippen LogP contribution in [0.3, 0.4) is 0 Å². The van der Waals surface area contributed by atoms with Crippen molar-refractivity contribution < 1.29 is 4.74 Å². The van der Waals surface area contributed by atoms with E-state index in [4.69, 9.17) is 4.74 Å². The summed E-state index contributed by atoms with van der Waals surface area (Å²) in [4.78, 5) is 0. The Morgan fingerprint density at radius 2 is 2.23 bits per heavy atom.